The normalized spacial score (nSPS) is 51.2. The lowest BCUT2D eigenvalue weighted by Crippen LogP contribution is -2.26. The van der Waals surface area contributed by atoms with E-state index in [-0.39, 0.29) is 0 Å². The molecule has 0 spiro atoms. The first-order valence-electron chi connectivity index (χ1n) is 6.34. The molecule has 0 aromatic heterocycles. The first-order chi connectivity index (χ1) is 6.57. The van der Waals surface area contributed by atoms with Gasteiger partial charge in [0.15, 0.2) is 0 Å². The fourth-order valence-electron chi connectivity index (χ4n) is 4.49. The first kappa shape index (κ1) is 9.64. The Balaban J connectivity index is 1.86. The van der Waals surface area contributed by atoms with Crippen molar-refractivity contribution < 1.29 is 0 Å². The zero-order valence-electron chi connectivity index (χ0n) is 9.79. The smallest absolute Gasteiger partial charge is 0.0145 e. The van der Waals surface area contributed by atoms with E-state index in [0.717, 1.165) is 5.92 Å². The first-order valence-corrected chi connectivity index (χ1v) is 7.94. The molecule has 1 saturated heterocycles. The van der Waals surface area contributed by atoms with Gasteiger partial charge in [-0.25, -0.2) is 0 Å². The predicted molar refractivity (Wildman–Crippen MR) is 64.3 cm³/mol. The summed E-state index contributed by atoms with van der Waals surface area (Å²) in [5.41, 5.74) is 1.20. The van der Waals surface area contributed by atoms with Crippen LogP contribution in [-0.4, -0.2) is 17.0 Å². The van der Waals surface area contributed by atoms with E-state index >= 15 is 0 Å². The molecule has 80 valence electrons. The highest BCUT2D eigenvalue weighted by Gasteiger charge is 2.55. The summed E-state index contributed by atoms with van der Waals surface area (Å²) in [4.78, 5) is 0. The fourth-order valence-corrected chi connectivity index (χ4v) is 8.57. The topological polar surface area (TPSA) is 0 Å². The van der Waals surface area contributed by atoms with Gasteiger partial charge in [0.05, 0.1) is 0 Å². The Morgan fingerprint density at radius 1 is 1.00 bits per heavy atom. The molecule has 2 aliphatic carbocycles. The monoisotopic (exact) mass is 210 g/mol. The Morgan fingerprint density at radius 2 is 1.71 bits per heavy atom. The Labute approximate surface area is 89.6 Å². The van der Waals surface area contributed by atoms with Crippen LogP contribution in [0.2, 0.25) is 0 Å². The van der Waals surface area contributed by atoms with Crippen molar-refractivity contribution in [1.29, 1.82) is 0 Å². The Bertz CT molecular complexity index is 240. The van der Waals surface area contributed by atoms with Crippen LogP contribution in [0.5, 0.6) is 0 Å². The highest BCUT2D eigenvalue weighted by atomic mass is 31.1. The van der Waals surface area contributed by atoms with Crippen LogP contribution in [0.25, 0.3) is 0 Å². The van der Waals surface area contributed by atoms with E-state index in [4.69, 9.17) is 0 Å². The molecule has 1 aliphatic heterocycles. The highest BCUT2D eigenvalue weighted by Crippen LogP contribution is 2.71. The second-order valence-corrected chi connectivity index (χ2v) is 9.97. The largest absolute Gasteiger partial charge is 0.0974 e. The molecule has 3 aliphatic rings. The summed E-state index contributed by atoms with van der Waals surface area (Å²) in [6.45, 7) is 7.48. The molecule has 0 N–H and O–H groups in total. The molecule has 2 saturated carbocycles. The molecule has 2 bridgehead atoms. The van der Waals surface area contributed by atoms with Gasteiger partial charge in [0, 0.05) is 0 Å². The lowest BCUT2D eigenvalue weighted by Gasteiger charge is -2.37. The second kappa shape index (κ2) is 2.97. The van der Waals surface area contributed by atoms with E-state index in [1.165, 1.54) is 17.5 Å². The van der Waals surface area contributed by atoms with Crippen LogP contribution in [0, 0.1) is 17.8 Å². The van der Waals surface area contributed by atoms with Crippen LogP contribution in [-0.2, 0) is 0 Å². The van der Waals surface area contributed by atoms with Gasteiger partial charge in [-0.1, -0.05) is 28.7 Å². The molecule has 5 atom stereocenters. The Hall–Kier alpha value is 0.430. The summed E-state index contributed by atoms with van der Waals surface area (Å²) in [6, 6.07) is 0. The van der Waals surface area contributed by atoms with Gasteiger partial charge in [-0.2, -0.15) is 0 Å². The van der Waals surface area contributed by atoms with Crippen molar-refractivity contribution in [3.05, 3.63) is 0 Å². The summed E-state index contributed by atoms with van der Waals surface area (Å²) < 4.78 is 0. The molecule has 1 heterocycles. The van der Waals surface area contributed by atoms with Gasteiger partial charge in [-0.05, 0) is 60.4 Å². The third kappa shape index (κ3) is 1.22. The van der Waals surface area contributed by atoms with Gasteiger partial charge in [0.25, 0.3) is 0 Å². The van der Waals surface area contributed by atoms with Crippen LogP contribution in [0.4, 0.5) is 0 Å². The van der Waals surface area contributed by atoms with Gasteiger partial charge in [0.2, 0.25) is 0 Å². The number of hydrogen-bond donors (Lipinski definition) is 0. The van der Waals surface area contributed by atoms with E-state index in [0.29, 0.717) is 13.1 Å². The quantitative estimate of drug-likeness (QED) is 0.528. The molecule has 0 nitrogen and oxygen atoms in total. The highest BCUT2D eigenvalue weighted by molar-refractivity contribution is 7.60. The SMILES string of the molecule is CC(C)(C)P1CCC2C3CCC(C3)C21. The summed E-state index contributed by atoms with van der Waals surface area (Å²) in [5.74, 6) is 3.51. The lowest BCUT2D eigenvalue weighted by molar-refractivity contribution is 0.347. The van der Waals surface area contributed by atoms with Crippen molar-refractivity contribution in [2.45, 2.75) is 57.3 Å². The molecule has 14 heavy (non-hydrogen) atoms. The van der Waals surface area contributed by atoms with E-state index in [1.54, 1.807) is 31.8 Å². The molecular weight excluding hydrogens is 187 g/mol. The maximum absolute atomic E-state index is 2.49. The van der Waals surface area contributed by atoms with Crippen LogP contribution < -0.4 is 0 Å². The summed E-state index contributed by atoms with van der Waals surface area (Å²) >= 11 is 0. The van der Waals surface area contributed by atoms with Gasteiger partial charge < -0.3 is 0 Å². The molecule has 0 radical (unpaired) electrons. The van der Waals surface area contributed by atoms with E-state index in [1.807, 2.05) is 0 Å². The van der Waals surface area contributed by atoms with E-state index < -0.39 is 0 Å². The standard InChI is InChI=1S/C13H23P/c1-13(2,3)14-7-6-11-9-4-5-10(8-9)12(11)14/h9-12H,4-8H2,1-3H3. The van der Waals surface area contributed by atoms with E-state index in [9.17, 15) is 0 Å². The van der Waals surface area contributed by atoms with E-state index in [2.05, 4.69) is 20.8 Å². The minimum Gasteiger partial charge on any atom is -0.0974 e. The van der Waals surface area contributed by atoms with Gasteiger partial charge in [-0.15, -0.1) is 0 Å². The maximum Gasteiger partial charge on any atom is -0.0145 e. The Morgan fingerprint density at radius 3 is 2.43 bits per heavy atom. The summed E-state index contributed by atoms with van der Waals surface area (Å²) in [5, 5.41) is 0.638. The zero-order valence-corrected chi connectivity index (χ0v) is 10.7. The van der Waals surface area contributed by atoms with Crippen LogP contribution in [0.15, 0.2) is 0 Å². The van der Waals surface area contributed by atoms with Gasteiger partial charge in [-0.3, -0.25) is 0 Å². The molecule has 5 unspecified atom stereocenters. The third-order valence-electron chi connectivity index (χ3n) is 4.97. The van der Waals surface area contributed by atoms with Gasteiger partial charge >= 0.3 is 0 Å². The molecule has 3 fully saturated rings. The lowest BCUT2D eigenvalue weighted by atomic mass is 9.87. The summed E-state index contributed by atoms with van der Waals surface area (Å²) in [7, 11) is 0.359. The van der Waals surface area contributed by atoms with Crippen molar-refractivity contribution in [3.63, 3.8) is 0 Å². The van der Waals surface area contributed by atoms with Crippen molar-refractivity contribution >= 4 is 7.92 Å². The van der Waals surface area contributed by atoms with Crippen molar-refractivity contribution in [2.75, 3.05) is 6.16 Å². The molecule has 0 amide bonds. The second-order valence-electron chi connectivity index (χ2n) is 6.64. The van der Waals surface area contributed by atoms with Crippen molar-refractivity contribution in [3.8, 4) is 0 Å². The van der Waals surface area contributed by atoms with Crippen LogP contribution in [0.3, 0.4) is 0 Å². The predicted octanol–water partition coefficient (Wildman–Crippen LogP) is 4.09. The van der Waals surface area contributed by atoms with Crippen molar-refractivity contribution in [1.82, 2.24) is 0 Å². The number of fused-ring (bicyclic) bond motifs is 5. The minimum absolute atomic E-state index is 0.359. The number of rotatable bonds is 0. The molecular formula is C13H23P. The zero-order chi connectivity index (χ0) is 9.92. The molecule has 0 aromatic rings. The fraction of sp³-hybridized carbons (Fsp3) is 1.00. The maximum atomic E-state index is 2.49. The number of hydrogen-bond acceptors (Lipinski definition) is 0. The van der Waals surface area contributed by atoms with Crippen LogP contribution >= 0.6 is 7.92 Å². The molecule has 1 heteroatoms. The minimum atomic E-state index is 0.359. The third-order valence-corrected chi connectivity index (χ3v) is 8.95. The molecule has 0 aromatic carbocycles. The average molecular weight is 210 g/mol. The summed E-state index contributed by atoms with van der Waals surface area (Å²) in [6.07, 6.45) is 7.97. The average Bonchev–Trinajstić information content (AvgIpc) is 2.74. The Kier molecular flexibility index (Phi) is 2.05. The van der Waals surface area contributed by atoms with Crippen LogP contribution in [0.1, 0.15) is 46.5 Å². The van der Waals surface area contributed by atoms with Crippen molar-refractivity contribution in [2.24, 2.45) is 17.8 Å². The molecule has 3 rings (SSSR count). The van der Waals surface area contributed by atoms with Gasteiger partial charge in [0.1, 0.15) is 0 Å².